The average molecular weight is 1200 g/mol. The second-order valence-corrected chi connectivity index (χ2v) is 23.8. The van der Waals surface area contributed by atoms with Gasteiger partial charge in [0.15, 0.2) is 0 Å². The first-order valence-corrected chi connectivity index (χ1v) is 31.8. The summed E-state index contributed by atoms with van der Waals surface area (Å²) in [5.41, 5.74) is 21.3. The molecular formula is C86H56N8. The third-order valence-electron chi connectivity index (χ3n) is 18.3. The van der Waals surface area contributed by atoms with Crippen LogP contribution in [-0.2, 0) is 0 Å². The zero-order chi connectivity index (χ0) is 62.1. The summed E-state index contributed by atoms with van der Waals surface area (Å²) >= 11 is 0. The molecule has 440 valence electrons. The van der Waals surface area contributed by atoms with Gasteiger partial charge < -0.3 is 9.13 Å². The summed E-state index contributed by atoms with van der Waals surface area (Å²) < 4.78 is 9.21. The Labute approximate surface area is 541 Å². The molecule has 0 N–H and O–H groups in total. The van der Waals surface area contributed by atoms with Gasteiger partial charge in [0.1, 0.15) is 0 Å². The standard InChI is InChI=1S/C46H30N4.C40H26N4/c1-4-14-31(15-5-1)32-24-26-34(27-25-32)41-29-40(33-16-6-2-7-17-33)47-46(48-41)50-43-23-13-11-21-37(43)39-28-38-36-20-10-12-22-42(36)49(44(38)30-45(39)50)35-18-8-3-9-19-35;1-4-14-27(15-5-1)34-25-35(28-16-6-2-7-17-28)42-40(41-34)44-37-23-13-11-21-31(37)33-24-32-30-20-10-12-22-36(30)43(38(32)26-39(33)44)29-18-8-3-9-19-29/h1-30H;1-26H. The van der Waals surface area contributed by atoms with Crippen LogP contribution >= 0.6 is 0 Å². The number of nitrogens with zero attached hydrogens (tertiary/aromatic N) is 8. The van der Waals surface area contributed by atoms with Crippen LogP contribution in [0.5, 0.6) is 0 Å². The minimum absolute atomic E-state index is 0.640. The number of para-hydroxylation sites is 6. The Morgan fingerprint density at radius 2 is 0.394 bits per heavy atom. The predicted molar refractivity (Wildman–Crippen MR) is 389 cm³/mol. The van der Waals surface area contributed by atoms with E-state index in [9.17, 15) is 0 Å². The van der Waals surface area contributed by atoms with E-state index in [4.69, 9.17) is 19.9 Å². The number of hydrogen-bond acceptors (Lipinski definition) is 4. The summed E-state index contributed by atoms with van der Waals surface area (Å²) in [6.07, 6.45) is 0. The van der Waals surface area contributed by atoms with E-state index in [1.807, 2.05) is 24.3 Å². The molecule has 0 fully saturated rings. The molecule has 19 rings (SSSR count). The summed E-state index contributed by atoms with van der Waals surface area (Å²) in [4.78, 5) is 21.0. The van der Waals surface area contributed by atoms with Crippen LogP contribution in [0.1, 0.15) is 0 Å². The van der Waals surface area contributed by atoms with Crippen LogP contribution in [0.3, 0.4) is 0 Å². The fourth-order valence-electron chi connectivity index (χ4n) is 14.0. The normalized spacial score (nSPS) is 11.6. The Morgan fingerprint density at radius 3 is 0.723 bits per heavy atom. The first-order valence-electron chi connectivity index (χ1n) is 31.8. The predicted octanol–water partition coefficient (Wildman–Crippen LogP) is 21.7. The first-order chi connectivity index (χ1) is 46.6. The fraction of sp³-hybridized carbons (Fsp3) is 0. The lowest BCUT2D eigenvalue weighted by atomic mass is 10.0. The van der Waals surface area contributed by atoms with Crippen LogP contribution < -0.4 is 0 Å². The fourth-order valence-corrected chi connectivity index (χ4v) is 14.0. The maximum atomic E-state index is 5.32. The molecule has 0 spiro atoms. The smallest absolute Gasteiger partial charge is 0.235 e. The highest BCUT2D eigenvalue weighted by Gasteiger charge is 2.23. The van der Waals surface area contributed by atoms with Crippen molar-refractivity contribution in [1.29, 1.82) is 0 Å². The van der Waals surface area contributed by atoms with Gasteiger partial charge in [0.05, 0.1) is 66.9 Å². The number of fused-ring (bicyclic) bond motifs is 12. The molecule has 6 aromatic heterocycles. The Morgan fingerprint density at radius 1 is 0.160 bits per heavy atom. The molecule has 6 heterocycles. The molecule has 0 aliphatic carbocycles. The van der Waals surface area contributed by atoms with Crippen molar-refractivity contribution in [1.82, 2.24) is 38.2 Å². The molecule has 0 bridgehead atoms. The minimum atomic E-state index is 0.640. The van der Waals surface area contributed by atoms with Crippen molar-refractivity contribution in [2.75, 3.05) is 0 Å². The van der Waals surface area contributed by atoms with Gasteiger partial charge in [-0.15, -0.1) is 0 Å². The molecule has 0 amide bonds. The SMILES string of the molecule is c1ccc(-c2cc(-c3ccccc3)nc(-n3c4ccccc4c4cc5c6ccccc6n(-c6ccccc6)c5cc43)n2)cc1.c1ccc(-c2ccc(-c3cc(-c4ccccc4)nc(-n4c5ccccc5c5cc6c7ccccc7n(-c7ccccc7)c6cc54)n3)cc2)cc1. The number of rotatable bonds is 9. The van der Waals surface area contributed by atoms with E-state index in [2.05, 4.69) is 334 Å². The van der Waals surface area contributed by atoms with E-state index < -0.39 is 0 Å². The van der Waals surface area contributed by atoms with Crippen LogP contribution in [0.15, 0.2) is 340 Å². The van der Waals surface area contributed by atoms with Crippen molar-refractivity contribution in [2.45, 2.75) is 0 Å². The van der Waals surface area contributed by atoms with E-state index in [1.54, 1.807) is 0 Å². The van der Waals surface area contributed by atoms with Gasteiger partial charge in [0, 0.05) is 76.7 Å². The molecule has 0 unspecified atom stereocenters. The van der Waals surface area contributed by atoms with Crippen LogP contribution in [0.2, 0.25) is 0 Å². The summed E-state index contributed by atoms with van der Waals surface area (Å²) in [6.45, 7) is 0. The zero-order valence-electron chi connectivity index (χ0n) is 50.9. The number of aromatic nitrogens is 8. The highest BCUT2D eigenvalue weighted by Crippen LogP contribution is 2.43. The molecule has 19 aromatic rings. The third kappa shape index (κ3) is 9.22. The Bertz CT molecular complexity index is 6000. The first kappa shape index (κ1) is 54.2. The molecule has 0 radical (unpaired) electrons. The van der Waals surface area contributed by atoms with Crippen molar-refractivity contribution in [2.24, 2.45) is 0 Å². The second-order valence-electron chi connectivity index (χ2n) is 23.8. The third-order valence-corrected chi connectivity index (χ3v) is 18.3. The molecule has 0 aliphatic heterocycles. The van der Waals surface area contributed by atoms with E-state index in [1.165, 1.54) is 65.3 Å². The van der Waals surface area contributed by atoms with Gasteiger partial charge in [0.25, 0.3) is 0 Å². The van der Waals surface area contributed by atoms with E-state index in [0.717, 1.165) is 89.5 Å². The van der Waals surface area contributed by atoms with Crippen LogP contribution in [0.4, 0.5) is 0 Å². The lowest BCUT2D eigenvalue weighted by Gasteiger charge is -2.12. The molecule has 94 heavy (non-hydrogen) atoms. The summed E-state index contributed by atoms with van der Waals surface area (Å²) in [6, 6.07) is 120. The average Bonchev–Trinajstić information content (AvgIpc) is 1.57. The molecular weight excluding hydrogens is 1150 g/mol. The van der Waals surface area contributed by atoms with Gasteiger partial charge in [-0.25, -0.2) is 19.9 Å². The van der Waals surface area contributed by atoms with Gasteiger partial charge in [-0.05, 0) is 96.1 Å². The topological polar surface area (TPSA) is 71.3 Å². The minimum Gasteiger partial charge on any atom is -0.309 e. The van der Waals surface area contributed by atoms with Gasteiger partial charge in [-0.3, -0.25) is 9.13 Å². The van der Waals surface area contributed by atoms with E-state index in [-0.39, 0.29) is 0 Å². The van der Waals surface area contributed by atoms with Crippen molar-refractivity contribution >= 4 is 87.2 Å². The van der Waals surface area contributed by atoms with Gasteiger partial charge >= 0.3 is 0 Å². The summed E-state index contributed by atoms with van der Waals surface area (Å²) in [5, 5.41) is 9.61. The molecule has 8 heteroatoms. The van der Waals surface area contributed by atoms with Crippen molar-refractivity contribution in [3.63, 3.8) is 0 Å². The summed E-state index contributed by atoms with van der Waals surface area (Å²) in [7, 11) is 0. The lowest BCUT2D eigenvalue weighted by Crippen LogP contribution is -2.04. The Hall–Kier alpha value is -12.8. The quantitative estimate of drug-likeness (QED) is 0.144. The maximum absolute atomic E-state index is 5.32. The van der Waals surface area contributed by atoms with Crippen molar-refractivity contribution in [3.8, 4) is 79.4 Å². The highest BCUT2D eigenvalue weighted by atomic mass is 15.2. The molecule has 8 nitrogen and oxygen atoms in total. The molecule has 0 atom stereocenters. The summed E-state index contributed by atoms with van der Waals surface area (Å²) in [5.74, 6) is 1.29. The van der Waals surface area contributed by atoms with Crippen LogP contribution in [0, 0.1) is 0 Å². The molecule has 0 saturated heterocycles. The van der Waals surface area contributed by atoms with Gasteiger partial charge in [0.2, 0.25) is 11.9 Å². The lowest BCUT2D eigenvalue weighted by molar-refractivity contribution is 0.995. The van der Waals surface area contributed by atoms with Crippen LogP contribution in [-0.4, -0.2) is 38.2 Å². The number of hydrogen-bond donors (Lipinski definition) is 0. The Kier molecular flexibility index (Phi) is 13.0. The van der Waals surface area contributed by atoms with Gasteiger partial charge in [-0.2, -0.15) is 0 Å². The van der Waals surface area contributed by atoms with E-state index in [0.29, 0.717) is 11.9 Å². The maximum Gasteiger partial charge on any atom is 0.235 e. The largest absolute Gasteiger partial charge is 0.309 e. The van der Waals surface area contributed by atoms with E-state index >= 15 is 0 Å². The van der Waals surface area contributed by atoms with Crippen molar-refractivity contribution < 1.29 is 0 Å². The molecule has 0 saturated carbocycles. The van der Waals surface area contributed by atoms with Crippen LogP contribution in [0.25, 0.3) is 167 Å². The second kappa shape index (κ2) is 22.6. The molecule has 13 aromatic carbocycles. The Balaban J connectivity index is 0.000000139. The molecule has 0 aliphatic rings. The van der Waals surface area contributed by atoms with Crippen molar-refractivity contribution in [3.05, 3.63) is 340 Å². The monoisotopic (exact) mass is 1200 g/mol. The highest BCUT2D eigenvalue weighted by molar-refractivity contribution is 6.21. The van der Waals surface area contributed by atoms with Gasteiger partial charge in [-0.1, -0.05) is 255 Å². The zero-order valence-corrected chi connectivity index (χ0v) is 50.9. The number of benzene rings is 13.